The van der Waals surface area contributed by atoms with Crippen molar-refractivity contribution < 1.29 is 14.7 Å². The molecule has 1 amide bonds. The Hall–Kier alpha value is -1.25. The van der Waals surface area contributed by atoms with Crippen molar-refractivity contribution in [2.75, 3.05) is 5.32 Å². The standard InChI is InChI=1S/C12H7Cl2IN2O3/c13-7-4-9(16-10(7)14)11(18)17-8-2-1-5(15)3-6(8)12(19)20/h1-4,16H,(H,17,18)(H,19,20). The molecular weight excluding hydrogens is 418 g/mol. The number of aromatic amines is 1. The molecule has 0 saturated carbocycles. The molecule has 0 fully saturated rings. The number of aromatic carboxylic acids is 1. The molecule has 5 nitrogen and oxygen atoms in total. The molecule has 104 valence electrons. The number of H-pyrrole nitrogens is 1. The van der Waals surface area contributed by atoms with E-state index in [0.29, 0.717) is 0 Å². The lowest BCUT2D eigenvalue weighted by Gasteiger charge is -2.08. The number of anilines is 1. The van der Waals surface area contributed by atoms with Crippen LogP contribution in [0.15, 0.2) is 24.3 Å². The van der Waals surface area contributed by atoms with Gasteiger partial charge in [-0.25, -0.2) is 4.79 Å². The van der Waals surface area contributed by atoms with Crippen molar-refractivity contribution in [1.29, 1.82) is 0 Å². The molecule has 0 aliphatic rings. The van der Waals surface area contributed by atoms with Gasteiger partial charge in [-0.2, -0.15) is 0 Å². The van der Waals surface area contributed by atoms with E-state index in [1.165, 1.54) is 18.2 Å². The zero-order chi connectivity index (χ0) is 14.9. The number of aromatic nitrogens is 1. The molecule has 1 aromatic carbocycles. The van der Waals surface area contributed by atoms with E-state index >= 15 is 0 Å². The third-order valence-corrected chi connectivity index (χ3v) is 3.79. The first-order chi connectivity index (χ1) is 9.38. The van der Waals surface area contributed by atoms with Crippen molar-refractivity contribution in [3.63, 3.8) is 0 Å². The van der Waals surface area contributed by atoms with Gasteiger partial charge in [-0.05, 0) is 46.9 Å². The van der Waals surface area contributed by atoms with Crippen LogP contribution in [-0.4, -0.2) is 22.0 Å². The van der Waals surface area contributed by atoms with Crippen LogP contribution in [0.5, 0.6) is 0 Å². The number of hydrogen-bond acceptors (Lipinski definition) is 2. The van der Waals surface area contributed by atoms with Gasteiger partial charge in [-0.3, -0.25) is 4.79 Å². The number of carbonyl (C=O) groups is 2. The minimum atomic E-state index is -1.12. The lowest BCUT2D eigenvalue weighted by molar-refractivity contribution is 0.0698. The number of carboxylic acids is 1. The molecule has 2 aromatic rings. The number of hydrogen-bond donors (Lipinski definition) is 3. The quantitative estimate of drug-likeness (QED) is 0.654. The van der Waals surface area contributed by atoms with E-state index < -0.39 is 11.9 Å². The van der Waals surface area contributed by atoms with Crippen LogP contribution in [0.2, 0.25) is 10.2 Å². The molecule has 20 heavy (non-hydrogen) atoms. The average Bonchev–Trinajstić information content (AvgIpc) is 2.71. The lowest BCUT2D eigenvalue weighted by atomic mass is 10.2. The van der Waals surface area contributed by atoms with E-state index in [0.717, 1.165) is 3.57 Å². The normalized spacial score (nSPS) is 10.3. The molecule has 0 unspecified atom stereocenters. The summed E-state index contributed by atoms with van der Waals surface area (Å²) in [5, 5.41) is 12.0. The van der Waals surface area contributed by atoms with Gasteiger partial charge in [0.15, 0.2) is 0 Å². The maximum absolute atomic E-state index is 12.0. The topological polar surface area (TPSA) is 82.2 Å². The maximum Gasteiger partial charge on any atom is 0.337 e. The predicted octanol–water partition coefficient (Wildman–Crippen LogP) is 3.88. The van der Waals surface area contributed by atoms with Gasteiger partial charge in [0.05, 0.1) is 16.3 Å². The Balaban J connectivity index is 2.30. The summed E-state index contributed by atoms with van der Waals surface area (Å²) in [5.41, 5.74) is 0.355. The van der Waals surface area contributed by atoms with E-state index in [1.54, 1.807) is 6.07 Å². The van der Waals surface area contributed by atoms with Gasteiger partial charge >= 0.3 is 5.97 Å². The molecule has 1 aromatic heterocycles. The van der Waals surface area contributed by atoms with E-state index in [-0.39, 0.29) is 27.1 Å². The zero-order valence-electron chi connectivity index (χ0n) is 9.71. The number of nitrogens with one attached hydrogen (secondary N) is 2. The van der Waals surface area contributed by atoms with Crippen LogP contribution in [0.3, 0.4) is 0 Å². The van der Waals surface area contributed by atoms with Crippen LogP contribution in [-0.2, 0) is 0 Å². The van der Waals surface area contributed by atoms with Crippen molar-refractivity contribution >= 4 is 63.4 Å². The first-order valence-electron chi connectivity index (χ1n) is 5.26. The minimum Gasteiger partial charge on any atom is -0.478 e. The smallest absolute Gasteiger partial charge is 0.337 e. The molecule has 0 bridgehead atoms. The second kappa shape index (κ2) is 6.02. The van der Waals surface area contributed by atoms with Crippen molar-refractivity contribution in [3.8, 4) is 0 Å². The molecule has 0 spiro atoms. The van der Waals surface area contributed by atoms with Crippen LogP contribution < -0.4 is 5.32 Å². The molecular formula is C12H7Cl2IN2O3. The Labute approximate surface area is 137 Å². The summed E-state index contributed by atoms with van der Waals surface area (Å²) in [6, 6.07) is 6.05. The first kappa shape index (κ1) is 15.1. The Morgan fingerprint density at radius 2 is 1.95 bits per heavy atom. The number of rotatable bonds is 3. The van der Waals surface area contributed by atoms with Gasteiger partial charge in [0, 0.05) is 3.57 Å². The summed E-state index contributed by atoms with van der Waals surface area (Å²) in [5.74, 6) is -1.65. The van der Waals surface area contributed by atoms with E-state index in [1.807, 2.05) is 22.6 Å². The van der Waals surface area contributed by atoms with Gasteiger partial charge in [-0.15, -0.1) is 0 Å². The third kappa shape index (κ3) is 3.25. The number of amides is 1. The minimum absolute atomic E-state index is 0.00833. The Bertz CT molecular complexity index is 681. The number of benzene rings is 1. The molecule has 3 N–H and O–H groups in total. The second-order valence-electron chi connectivity index (χ2n) is 3.79. The van der Waals surface area contributed by atoms with Crippen molar-refractivity contribution in [2.24, 2.45) is 0 Å². The fourth-order valence-electron chi connectivity index (χ4n) is 1.52. The fraction of sp³-hybridized carbons (Fsp3) is 0. The summed E-state index contributed by atoms with van der Waals surface area (Å²) >= 11 is 13.4. The van der Waals surface area contributed by atoms with Crippen LogP contribution in [0.25, 0.3) is 0 Å². The summed E-state index contributed by atoms with van der Waals surface area (Å²) in [6.45, 7) is 0. The van der Waals surface area contributed by atoms with Crippen LogP contribution in [0.4, 0.5) is 5.69 Å². The first-order valence-corrected chi connectivity index (χ1v) is 7.10. The fourth-order valence-corrected chi connectivity index (χ4v) is 2.32. The van der Waals surface area contributed by atoms with Crippen LogP contribution in [0, 0.1) is 3.57 Å². The van der Waals surface area contributed by atoms with E-state index in [9.17, 15) is 9.59 Å². The summed E-state index contributed by atoms with van der Waals surface area (Å²) in [4.78, 5) is 25.7. The summed E-state index contributed by atoms with van der Waals surface area (Å²) < 4.78 is 0.754. The van der Waals surface area contributed by atoms with E-state index in [4.69, 9.17) is 28.3 Å². The predicted molar refractivity (Wildman–Crippen MR) is 84.9 cm³/mol. The van der Waals surface area contributed by atoms with E-state index in [2.05, 4.69) is 10.3 Å². The average molecular weight is 425 g/mol. The Morgan fingerprint density at radius 1 is 1.25 bits per heavy atom. The Morgan fingerprint density at radius 3 is 2.50 bits per heavy atom. The number of halogens is 3. The highest BCUT2D eigenvalue weighted by Crippen LogP contribution is 2.24. The highest BCUT2D eigenvalue weighted by Gasteiger charge is 2.16. The van der Waals surface area contributed by atoms with Gasteiger partial charge < -0.3 is 15.4 Å². The molecule has 0 atom stereocenters. The molecule has 0 saturated heterocycles. The maximum atomic E-state index is 12.0. The molecule has 0 aliphatic carbocycles. The number of carbonyl (C=O) groups excluding carboxylic acids is 1. The van der Waals surface area contributed by atoms with Gasteiger partial charge in [0.1, 0.15) is 10.8 Å². The highest BCUT2D eigenvalue weighted by molar-refractivity contribution is 14.1. The monoisotopic (exact) mass is 424 g/mol. The third-order valence-electron chi connectivity index (χ3n) is 2.43. The second-order valence-corrected chi connectivity index (χ2v) is 5.82. The van der Waals surface area contributed by atoms with Gasteiger partial charge in [0.25, 0.3) is 5.91 Å². The molecule has 0 aliphatic heterocycles. The lowest BCUT2D eigenvalue weighted by Crippen LogP contribution is -2.15. The van der Waals surface area contributed by atoms with Crippen molar-refractivity contribution in [3.05, 3.63) is 49.3 Å². The van der Waals surface area contributed by atoms with Crippen molar-refractivity contribution in [1.82, 2.24) is 4.98 Å². The largest absolute Gasteiger partial charge is 0.478 e. The summed E-state index contributed by atoms with van der Waals surface area (Å²) in [7, 11) is 0. The number of carboxylic acid groups (broad SMARTS) is 1. The van der Waals surface area contributed by atoms with Gasteiger partial charge in [-0.1, -0.05) is 23.2 Å². The van der Waals surface area contributed by atoms with Gasteiger partial charge in [0.2, 0.25) is 0 Å². The van der Waals surface area contributed by atoms with Crippen molar-refractivity contribution in [2.45, 2.75) is 0 Å². The highest BCUT2D eigenvalue weighted by atomic mass is 127. The SMILES string of the molecule is O=C(Nc1ccc(I)cc1C(=O)O)c1cc(Cl)c(Cl)[nH]1. The molecule has 1 heterocycles. The summed E-state index contributed by atoms with van der Waals surface area (Å²) in [6.07, 6.45) is 0. The Kier molecular flexibility index (Phi) is 4.56. The molecule has 2 rings (SSSR count). The van der Waals surface area contributed by atoms with Crippen LogP contribution >= 0.6 is 45.8 Å². The zero-order valence-corrected chi connectivity index (χ0v) is 13.4. The molecule has 0 radical (unpaired) electrons. The van der Waals surface area contributed by atoms with Crippen LogP contribution in [0.1, 0.15) is 20.8 Å². The molecule has 8 heteroatoms.